The Morgan fingerprint density at radius 1 is 0.930 bits per heavy atom. The molecular weight excluding hydrogens is 862 g/mol. The van der Waals surface area contributed by atoms with Gasteiger partial charge in [-0.15, -0.1) is 0 Å². The minimum atomic E-state index is -6.47. The normalized spacial score (nSPS) is 28.8. The van der Waals surface area contributed by atoms with Crippen LogP contribution in [0.5, 0.6) is 0 Å². The van der Waals surface area contributed by atoms with E-state index >= 15 is 0 Å². The zero-order valence-electron chi connectivity index (χ0n) is 29.0. The first-order valence-electron chi connectivity index (χ1n) is 15.7. The summed E-state index contributed by atoms with van der Waals surface area (Å²) in [5.41, 5.74) is 3.85. The first-order chi connectivity index (χ1) is 26.4. The van der Waals surface area contributed by atoms with Crippen molar-refractivity contribution < 1.29 is 93.9 Å². The fourth-order valence-electron chi connectivity index (χ4n) is 6.01. The van der Waals surface area contributed by atoms with Crippen LogP contribution in [0.1, 0.15) is 18.3 Å². The van der Waals surface area contributed by atoms with E-state index in [9.17, 15) is 62.5 Å². The Kier molecular flexibility index (Phi) is 12.0. The summed E-state index contributed by atoms with van der Waals surface area (Å²) in [5, 5.41) is 21.1. The summed E-state index contributed by atoms with van der Waals surface area (Å²) in [7, 11) is -21.6. The molecule has 0 spiro atoms. The third-order valence-corrected chi connectivity index (χ3v) is 12.9. The van der Waals surface area contributed by atoms with Crippen LogP contribution in [0, 0.1) is 6.92 Å². The molecule has 0 saturated carbocycles. The summed E-state index contributed by atoms with van der Waals surface area (Å²) in [5.74, 6) is -0.185. The van der Waals surface area contributed by atoms with E-state index in [4.69, 9.17) is 24.5 Å². The van der Waals surface area contributed by atoms with Gasteiger partial charge in [-0.25, -0.2) is 27.7 Å². The number of aromatic nitrogens is 8. The first-order valence-corrected chi connectivity index (χ1v) is 21.6. The average Bonchev–Trinajstić information content (AvgIpc) is 3.80. The molecule has 2 aliphatic rings. The number of aliphatic hydroxyl groups is 2. The Morgan fingerprint density at radius 2 is 1.56 bits per heavy atom. The number of phosphoric ester groups is 3. The highest BCUT2D eigenvalue weighted by molar-refractivity contribution is 7.65. The van der Waals surface area contributed by atoms with Crippen LogP contribution in [0.25, 0.3) is 22.3 Å². The average molecular weight is 893 g/mol. The van der Waals surface area contributed by atoms with Crippen molar-refractivity contribution in [2.24, 2.45) is 7.05 Å². The van der Waals surface area contributed by atoms with Crippen molar-refractivity contribution in [2.75, 3.05) is 26.1 Å². The van der Waals surface area contributed by atoms with Gasteiger partial charge in [0, 0.05) is 7.11 Å². The van der Waals surface area contributed by atoms with Gasteiger partial charge in [0.2, 0.25) is 11.7 Å². The SMILES string of the molecule is CO[C@H]1C(OP(=O)(O)O)[C@@H](COP(=O)([O-])OP(=O)([O-])OP(=O)([O-])OC[C@H]2O[C@@H]([n+]3cn(C)c4c(=O)[nH]c(N)nc43)C(O)[C@H]2O)O[C@H]1n1cnc2c(=O)[nH]c(C)nc21. The summed E-state index contributed by atoms with van der Waals surface area (Å²) in [6.45, 7) is -1.10. The third-order valence-electron chi connectivity index (χ3n) is 8.24. The molecule has 8 N–H and O–H groups in total. The van der Waals surface area contributed by atoms with Crippen LogP contribution in [0.3, 0.4) is 0 Å². The summed E-state index contributed by atoms with van der Waals surface area (Å²) >= 11 is 0. The van der Waals surface area contributed by atoms with E-state index in [1.54, 1.807) is 0 Å². The number of hydrogen-bond acceptors (Lipinski definition) is 23. The molecule has 6 heterocycles. The van der Waals surface area contributed by atoms with Crippen LogP contribution in [0.4, 0.5) is 5.95 Å². The van der Waals surface area contributed by atoms with Gasteiger partial charge >= 0.3 is 13.5 Å². The molecule has 0 aliphatic carbocycles. The minimum Gasteiger partial charge on any atom is -0.756 e. The van der Waals surface area contributed by atoms with Gasteiger partial charge in [-0.05, 0) is 6.92 Å². The largest absolute Gasteiger partial charge is 0.756 e. The Morgan fingerprint density at radius 3 is 2.18 bits per heavy atom. The van der Waals surface area contributed by atoms with Gasteiger partial charge in [-0.1, -0.05) is 4.98 Å². The van der Waals surface area contributed by atoms with Crippen molar-refractivity contribution in [3.8, 4) is 0 Å². The monoisotopic (exact) mass is 893 g/mol. The molecule has 0 bridgehead atoms. The Balaban J connectivity index is 1.10. The molecule has 34 heteroatoms. The quantitative estimate of drug-likeness (QED) is 0.0434. The van der Waals surface area contributed by atoms with Crippen LogP contribution in [-0.2, 0) is 61.7 Å². The lowest BCUT2D eigenvalue weighted by atomic mass is 10.1. The molecule has 30 nitrogen and oxygen atoms in total. The fraction of sp³-hybridized carbons (Fsp3) is 0.565. The molecule has 2 aliphatic heterocycles. The number of rotatable bonds is 15. The molecule has 316 valence electrons. The van der Waals surface area contributed by atoms with Crippen LogP contribution in [-0.4, -0.2) is 111 Å². The highest BCUT2D eigenvalue weighted by Gasteiger charge is 2.51. The number of aromatic amines is 2. The Labute approximate surface area is 315 Å². The van der Waals surface area contributed by atoms with E-state index < -0.39 is 105 Å². The number of hydrogen-bond donors (Lipinski definition) is 7. The smallest absolute Gasteiger partial charge is 0.470 e. The maximum absolute atomic E-state index is 12.6. The van der Waals surface area contributed by atoms with Crippen LogP contribution < -0.4 is 36.1 Å². The molecule has 6 rings (SSSR count). The predicted octanol–water partition coefficient (Wildman–Crippen LogP) is -4.95. The van der Waals surface area contributed by atoms with Gasteiger partial charge in [0.25, 0.3) is 40.5 Å². The third kappa shape index (κ3) is 9.35. The molecule has 4 aromatic heterocycles. The van der Waals surface area contributed by atoms with Crippen molar-refractivity contribution in [2.45, 2.75) is 56.0 Å². The number of aryl methyl sites for hydroxylation is 2. The van der Waals surface area contributed by atoms with Crippen molar-refractivity contribution >= 4 is 59.6 Å². The maximum Gasteiger partial charge on any atom is 0.470 e. The van der Waals surface area contributed by atoms with Crippen LogP contribution in [0.2, 0.25) is 0 Å². The number of nitrogen functional groups attached to an aromatic ring is 1. The van der Waals surface area contributed by atoms with Crippen molar-refractivity contribution in [3.63, 3.8) is 0 Å². The number of imidazole rings is 2. The molecule has 0 amide bonds. The number of nitrogens with one attached hydrogen (secondary N) is 2. The lowest BCUT2D eigenvalue weighted by Gasteiger charge is -2.35. The van der Waals surface area contributed by atoms with Gasteiger partial charge in [-0.2, -0.15) is 0 Å². The van der Waals surface area contributed by atoms with Crippen LogP contribution >= 0.6 is 31.3 Å². The lowest BCUT2D eigenvalue weighted by Crippen LogP contribution is -2.46. The van der Waals surface area contributed by atoms with E-state index in [1.807, 2.05) is 0 Å². The number of nitrogens with two attached hydrogens (primary N) is 1. The molecule has 57 heavy (non-hydrogen) atoms. The lowest BCUT2D eigenvalue weighted by molar-refractivity contribution is -0.745. The Bertz CT molecular complexity index is 2490. The number of ether oxygens (including phenoxy) is 3. The van der Waals surface area contributed by atoms with Gasteiger partial charge in [-0.3, -0.25) is 41.9 Å². The first kappa shape index (κ1) is 43.4. The number of phosphoric acid groups is 4. The summed E-state index contributed by atoms with van der Waals surface area (Å²) in [6, 6.07) is 0. The summed E-state index contributed by atoms with van der Waals surface area (Å²) in [4.78, 5) is 97.9. The van der Waals surface area contributed by atoms with E-state index in [-0.39, 0.29) is 34.1 Å². The molecule has 2 saturated heterocycles. The van der Waals surface area contributed by atoms with E-state index in [2.05, 4.69) is 42.6 Å². The number of anilines is 1. The highest BCUT2D eigenvalue weighted by atomic mass is 31.3. The predicted molar refractivity (Wildman–Crippen MR) is 173 cm³/mol. The van der Waals surface area contributed by atoms with Crippen LogP contribution in [0.15, 0.2) is 22.2 Å². The second-order valence-corrected chi connectivity index (χ2v) is 17.9. The molecule has 0 aromatic carbocycles. The minimum absolute atomic E-state index is 0.0272. The van der Waals surface area contributed by atoms with Gasteiger partial charge in [0.15, 0.2) is 23.7 Å². The second kappa shape index (κ2) is 15.8. The molecule has 2 fully saturated rings. The topological polar surface area (TPSA) is 436 Å². The number of methoxy groups -OCH3 is 1. The van der Waals surface area contributed by atoms with E-state index in [0.717, 1.165) is 22.6 Å². The molecular formula is C23H31N9O21P4-2. The maximum atomic E-state index is 12.6. The second-order valence-electron chi connectivity index (χ2n) is 12.2. The fourth-order valence-corrected chi connectivity index (χ4v) is 9.97. The summed E-state index contributed by atoms with van der Waals surface area (Å²) in [6.07, 6.45) is -11.3. The number of H-pyrrole nitrogens is 2. The molecule has 5 unspecified atom stereocenters. The molecule has 4 aromatic rings. The zero-order chi connectivity index (χ0) is 42.0. The van der Waals surface area contributed by atoms with Gasteiger partial charge in [0.05, 0.1) is 26.6 Å². The number of nitrogens with zero attached hydrogens (tertiary/aromatic N) is 6. The summed E-state index contributed by atoms with van der Waals surface area (Å²) < 4.78 is 90.6. The number of aliphatic hydroxyl groups excluding tert-OH is 2. The van der Waals surface area contributed by atoms with Gasteiger partial charge < -0.3 is 68.7 Å². The zero-order valence-corrected chi connectivity index (χ0v) is 32.5. The molecule has 0 radical (unpaired) electrons. The van der Waals surface area contributed by atoms with Gasteiger partial charge in [0.1, 0.15) is 42.4 Å². The van der Waals surface area contributed by atoms with Crippen molar-refractivity contribution in [1.29, 1.82) is 0 Å². The van der Waals surface area contributed by atoms with Crippen molar-refractivity contribution in [3.05, 3.63) is 39.2 Å². The van der Waals surface area contributed by atoms with E-state index in [0.29, 0.717) is 0 Å². The highest BCUT2D eigenvalue weighted by Crippen LogP contribution is 2.63. The Hall–Kier alpha value is -3.18. The standard InChI is InChI=1S/C23H33N9O21P4/c1-8-26-17-11(19(35)27-8)25-6-31(17)22-16(46-3)15(51-54(37,38)39)10(50-22)5-48-56(42,43)53-57(44,45)52-55(40,41)47-4-9-13(33)14(34)21(49-9)32-7-30(2)12-18(32)28-23(24)29-20(12)36/h6-7,9-10,13-16,21-22,33-34H,4-5H2,1-3H3,(H8-,24,26,27,28,29,35,36,37,38,39,40,41,42,43,44,45)/p-2/t9-,10-,13+,14?,15?,16+,21-,22-/m1/s1. The number of fused-ring (bicyclic) bond motifs is 2. The van der Waals surface area contributed by atoms with Crippen molar-refractivity contribution in [1.82, 2.24) is 34.1 Å². The van der Waals surface area contributed by atoms with E-state index in [1.165, 1.54) is 24.9 Å². The molecule has 11 atom stereocenters.